The molecule has 0 aliphatic carbocycles. The van der Waals surface area contributed by atoms with Crippen LogP contribution in [-0.2, 0) is 6.42 Å². The molecule has 1 aromatic carbocycles. The Hall–Kier alpha value is -2.37. The van der Waals surface area contributed by atoms with E-state index in [1.807, 2.05) is 12.1 Å². The Labute approximate surface area is 167 Å². The van der Waals surface area contributed by atoms with Crippen molar-refractivity contribution in [3.05, 3.63) is 60.5 Å². The summed E-state index contributed by atoms with van der Waals surface area (Å²) in [4.78, 5) is 9.40. The molecule has 1 unspecified atom stereocenters. The Kier molecular flexibility index (Phi) is 6.24. The fraction of sp³-hybridized carbons (Fsp3) is 0.435. The molecule has 0 bridgehead atoms. The second kappa shape index (κ2) is 9.22. The first kappa shape index (κ1) is 19.0. The molecule has 0 saturated carbocycles. The van der Waals surface area contributed by atoms with Crippen molar-refractivity contribution in [1.29, 1.82) is 0 Å². The van der Waals surface area contributed by atoms with Crippen molar-refractivity contribution in [3.8, 4) is 11.3 Å². The molecule has 5 heteroatoms. The lowest BCUT2D eigenvalue weighted by molar-refractivity contribution is 0.186. The minimum Gasteiger partial charge on any atom is -0.464 e. The summed E-state index contributed by atoms with van der Waals surface area (Å²) in [5.74, 6) is 0.906. The van der Waals surface area contributed by atoms with Gasteiger partial charge in [0, 0.05) is 30.6 Å². The SMILES string of the molecule is NC1N=C(CCc2cccc(-c3ccco3)c2)C=CN1CCN1CCCCC1. The quantitative estimate of drug-likeness (QED) is 0.794. The molecule has 2 aromatic rings. The van der Waals surface area contributed by atoms with Gasteiger partial charge in [-0.1, -0.05) is 24.6 Å². The first-order valence-electron chi connectivity index (χ1n) is 10.4. The van der Waals surface area contributed by atoms with Crippen molar-refractivity contribution < 1.29 is 4.42 Å². The average Bonchev–Trinajstić information content (AvgIpc) is 3.28. The van der Waals surface area contributed by atoms with E-state index in [1.165, 1.54) is 37.9 Å². The average molecular weight is 379 g/mol. The molecule has 3 heterocycles. The number of furan rings is 1. The molecule has 1 aromatic heterocycles. The highest BCUT2D eigenvalue weighted by molar-refractivity contribution is 5.95. The van der Waals surface area contributed by atoms with Gasteiger partial charge in [0.1, 0.15) is 5.76 Å². The summed E-state index contributed by atoms with van der Waals surface area (Å²) in [6, 6.07) is 12.4. The van der Waals surface area contributed by atoms with Crippen LogP contribution in [0.25, 0.3) is 11.3 Å². The second-order valence-corrected chi connectivity index (χ2v) is 7.67. The lowest BCUT2D eigenvalue weighted by atomic mass is 10.0. The summed E-state index contributed by atoms with van der Waals surface area (Å²) >= 11 is 0. The highest BCUT2D eigenvalue weighted by Crippen LogP contribution is 2.21. The number of piperidine rings is 1. The van der Waals surface area contributed by atoms with E-state index in [9.17, 15) is 0 Å². The zero-order valence-corrected chi connectivity index (χ0v) is 16.5. The Bertz CT molecular complexity index is 806. The summed E-state index contributed by atoms with van der Waals surface area (Å²) in [6.07, 6.45) is 11.5. The minimum atomic E-state index is -0.265. The fourth-order valence-electron chi connectivity index (χ4n) is 3.95. The normalized spacial score (nSPS) is 20.4. The molecule has 28 heavy (non-hydrogen) atoms. The molecule has 2 aliphatic heterocycles. The van der Waals surface area contributed by atoms with E-state index in [4.69, 9.17) is 15.1 Å². The maximum atomic E-state index is 6.30. The second-order valence-electron chi connectivity index (χ2n) is 7.67. The fourth-order valence-corrected chi connectivity index (χ4v) is 3.95. The molecular weight excluding hydrogens is 348 g/mol. The number of rotatable bonds is 7. The van der Waals surface area contributed by atoms with E-state index in [-0.39, 0.29) is 6.29 Å². The van der Waals surface area contributed by atoms with Crippen LogP contribution in [0.15, 0.2) is 64.3 Å². The third-order valence-electron chi connectivity index (χ3n) is 5.62. The number of nitrogens with two attached hydrogens (primary N) is 1. The van der Waals surface area contributed by atoms with Crippen LogP contribution < -0.4 is 5.73 Å². The summed E-state index contributed by atoms with van der Waals surface area (Å²) in [5.41, 5.74) is 9.77. The van der Waals surface area contributed by atoms with E-state index in [2.05, 4.69) is 46.3 Å². The van der Waals surface area contributed by atoms with Crippen LogP contribution in [0, 0.1) is 0 Å². The Morgan fingerprint density at radius 1 is 1.04 bits per heavy atom. The molecule has 5 nitrogen and oxygen atoms in total. The lowest BCUT2D eigenvalue weighted by Gasteiger charge is -2.32. The predicted octanol–water partition coefficient (Wildman–Crippen LogP) is 3.88. The van der Waals surface area contributed by atoms with Gasteiger partial charge in [-0.25, -0.2) is 0 Å². The van der Waals surface area contributed by atoms with Crippen LogP contribution in [0.1, 0.15) is 31.2 Å². The lowest BCUT2D eigenvalue weighted by Crippen LogP contribution is -2.44. The molecule has 1 fully saturated rings. The van der Waals surface area contributed by atoms with Crippen LogP contribution in [0.2, 0.25) is 0 Å². The monoisotopic (exact) mass is 378 g/mol. The van der Waals surface area contributed by atoms with E-state index >= 15 is 0 Å². The molecular formula is C23H30N4O. The van der Waals surface area contributed by atoms with Gasteiger partial charge in [0.25, 0.3) is 0 Å². The number of aliphatic imine (C=N–C) groups is 1. The number of hydrogen-bond donors (Lipinski definition) is 1. The number of benzene rings is 1. The predicted molar refractivity (Wildman–Crippen MR) is 114 cm³/mol. The van der Waals surface area contributed by atoms with Crippen molar-refractivity contribution in [2.75, 3.05) is 26.2 Å². The van der Waals surface area contributed by atoms with Crippen molar-refractivity contribution in [2.24, 2.45) is 10.7 Å². The number of likely N-dealkylation sites (tertiary alicyclic amines) is 1. The number of allylic oxidation sites excluding steroid dienone is 1. The molecule has 0 amide bonds. The van der Waals surface area contributed by atoms with Crippen LogP contribution in [0.3, 0.4) is 0 Å². The maximum absolute atomic E-state index is 6.30. The van der Waals surface area contributed by atoms with E-state index in [1.54, 1.807) is 6.26 Å². The van der Waals surface area contributed by atoms with Gasteiger partial charge in [-0.15, -0.1) is 0 Å². The zero-order chi connectivity index (χ0) is 19.2. The first-order valence-corrected chi connectivity index (χ1v) is 10.4. The summed E-state index contributed by atoms with van der Waals surface area (Å²) in [7, 11) is 0. The molecule has 4 rings (SSSR count). The van der Waals surface area contributed by atoms with Gasteiger partial charge in [-0.3, -0.25) is 10.7 Å². The van der Waals surface area contributed by atoms with E-state index < -0.39 is 0 Å². The minimum absolute atomic E-state index is 0.265. The smallest absolute Gasteiger partial charge is 0.173 e. The van der Waals surface area contributed by atoms with Crippen LogP contribution >= 0.6 is 0 Å². The Morgan fingerprint density at radius 3 is 2.71 bits per heavy atom. The zero-order valence-electron chi connectivity index (χ0n) is 16.5. The molecule has 0 spiro atoms. The molecule has 1 saturated heterocycles. The first-order chi connectivity index (χ1) is 13.8. The highest BCUT2D eigenvalue weighted by Gasteiger charge is 2.17. The van der Waals surface area contributed by atoms with Gasteiger partial charge in [0.15, 0.2) is 6.29 Å². The van der Waals surface area contributed by atoms with Gasteiger partial charge >= 0.3 is 0 Å². The van der Waals surface area contributed by atoms with Gasteiger partial charge in [-0.05, 0) is 68.6 Å². The highest BCUT2D eigenvalue weighted by atomic mass is 16.3. The summed E-state index contributed by atoms with van der Waals surface area (Å²) in [5, 5.41) is 0. The van der Waals surface area contributed by atoms with Crippen LogP contribution in [0.4, 0.5) is 0 Å². The third kappa shape index (κ3) is 4.91. The summed E-state index contributed by atoms with van der Waals surface area (Å²) < 4.78 is 5.50. The van der Waals surface area contributed by atoms with Crippen molar-refractivity contribution in [3.63, 3.8) is 0 Å². The van der Waals surface area contributed by atoms with Crippen molar-refractivity contribution >= 4 is 5.71 Å². The largest absolute Gasteiger partial charge is 0.464 e. The third-order valence-corrected chi connectivity index (χ3v) is 5.62. The molecule has 0 radical (unpaired) electrons. The molecule has 2 aliphatic rings. The topological polar surface area (TPSA) is 58.0 Å². The van der Waals surface area contributed by atoms with Crippen LogP contribution in [-0.4, -0.2) is 48.0 Å². The molecule has 2 N–H and O–H groups in total. The van der Waals surface area contributed by atoms with E-state index in [0.29, 0.717) is 0 Å². The van der Waals surface area contributed by atoms with Gasteiger partial charge in [0.2, 0.25) is 0 Å². The van der Waals surface area contributed by atoms with Gasteiger partial charge in [-0.2, -0.15) is 0 Å². The number of nitrogens with zero attached hydrogens (tertiary/aromatic N) is 3. The van der Waals surface area contributed by atoms with E-state index in [0.717, 1.165) is 43.0 Å². The maximum Gasteiger partial charge on any atom is 0.173 e. The van der Waals surface area contributed by atoms with Crippen molar-refractivity contribution in [2.45, 2.75) is 38.4 Å². The van der Waals surface area contributed by atoms with Gasteiger partial charge in [0.05, 0.1) is 6.26 Å². The molecule has 148 valence electrons. The van der Waals surface area contributed by atoms with Crippen molar-refractivity contribution in [1.82, 2.24) is 9.80 Å². The number of aryl methyl sites for hydroxylation is 1. The standard InChI is InChI=1S/C23H30N4O/c24-23-25-21(11-14-27(23)16-15-26-12-2-1-3-13-26)10-9-19-6-4-7-20(18-19)22-8-5-17-28-22/h4-8,11,14,17-18,23H,1-3,9-10,12-13,15-16,24H2. The van der Waals surface area contributed by atoms with Gasteiger partial charge < -0.3 is 14.2 Å². The molecule has 1 atom stereocenters. The van der Waals surface area contributed by atoms with Crippen LogP contribution in [0.5, 0.6) is 0 Å². The number of hydrogen-bond acceptors (Lipinski definition) is 5. The summed E-state index contributed by atoms with van der Waals surface area (Å²) in [6.45, 7) is 4.46. The Balaban J connectivity index is 1.28. The Morgan fingerprint density at radius 2 is 1.93 bits per heavy atom.